The van der Waals surface area contributed by atoms with Crippen molar-refractivity contribution in [1.82, 2.24) is 4.98 Å². The molecular weight excluding hydrogens is 174 g/mol. The Morgan fingerprint density at radius 2 is 2.50 bits per heavy atom. The number of nitrogens with zero attached hydrogens (tertiary/aromatic N) is 1. The molecule has 1 aliphatic rings. The average Bonchev–Trinajstić information content (AvgIpc) is 2.83. The molecule has 0 saturated heterocycles. The smallest absolute Gasteiger partial charge is 0.357 e. The summed E-state index contributed by atoms with van der Waals surface area (Å²) in [6.07, 6.45) is 2.43. The first-order valence-electron chi connectivity index (χ1n) is 3.85. The van der Waals surface area contributed by atoms with E-state index in [1.807, 2.05) is 0 Å². The van der Waals surface area contributed by atoms with Crippen LogP contribution in [0.2, 0.25) is 0 Å². The molecule has 0 bridgehead atoms. The lowest BCUT2D eigenvalue weighted by atomic mass is 10.4. The number of carbonyl (C=O) groups excluding carboxylic acids is 1. The highest BCUT2D eigenvalue weighted by molar-refractivity contribution is 7.10. The van der Waals surface area contributed by atoms with Gasteiger partial charge in [-0.05, 0) is 12.8 Å². The molecule has 0 aliphatic heterocycles. The molecule has 0 radical (unpaired) electrons. The van der Waals surface area contributed by atoms with Crippen molar-refractivity contribution in [3.05, 3.63) is 16.1 Å². The number of methoxy groups -OCH3 is 1. The van der Waals surface area contributed by atoms with Crippen molar-refractivity contribution < 1.29 is 9.53 Å². The summed E-state index contributed by atoms with van der Waals surface area (Å²) in [5, 5.41) is 2.84. The second-order valence-electron chi connectivity index (χ2n) is 2.84. The molecule has 0 spiro atoms. The Bertz CT molecular complexity index is 304. The molecule has 12 heavy (non-hydrogen) atoms. The van der Waals surface area contributed by atoms with Crippen molar-refractivity contribution in [3.8, 4) is 0 Å². The van der Waals surface area contributed by atoms with Crippen molar-refractivity contribution in [3.63, 3.8) is 0 Å². The summed E-state index contributed by atoms with van der Waals surface area (Å²) in [6, 6.07) is 0. The van der Waals surface area contributed by atoms with E-state index in [2.05, 4.69) is 9.72 Å². The van der Waals surface area contributed by atoms with Gasteiger partial charge in [-0.15, -0.1) is 11.3 Å². The fraction of sp³-hybridized carbons (Fsp3) is 0.500. The molecular formula is C8H9NO2S. The molecule has 1 aromatic heterocycles. The molecule has 0 atom stereocenters. The highest BCUT2D eigenvalue weighted by Gasteiger charge is 2.27. The quantitative estimate of drug-likeness (QED) is 0.656. The molecule has 1 heterocycles. The molecule has 1 fully saturated rings. The number of carbonyl (C=O) groups is 1. The van der Waals surface area contributed by atoms with E-state index in [9.17, 15) is 4.79 Å². The third-order valence-corrected chi connectivity index (χ3v) is 2.85. The van der Waals surface area contributed by atoms with Crippen molar-refractivity contribution in [2.45, 2.75) is 18.8 Å². The average molecular weight is 183 g/mol. The van der Waals surface area contributed by atoms with Crippen LogP contribution in [0.4, 0.5) is 0 Å². The number of thiazole rings is 1. The largest absolute Gasteiger partial charge is 0.464 e. The van der Waals surface area contributed by atoms with Gasteiger partial charge < -0.3 is 4.74 Å². The van der Waals surface area contributed by atoms with Crippen LogP contribution in [0.3, 0.4) is 0 Å². The van der Waals surface area contributed by atoms with Gasteiger partial charge in [0, 0.05) is 11.3 Å². The lowest BCUT2D eigenvalue weighted by Gasteiger charge is -1.91. The fourth-order valence-corrected chi connectivity index (χ4v) is 1.96. The van der Waals surface area contributed by atoms with Crippen molar-refractivity contribution >= 4 is 17.3 Å². The predicted molar refractivity (Wildman–Crippen MR) is 45.4 cm³/mol. The van der Waals surface area contributed by atoms with Gasteiger partial charge in [0.05, 0.1) is 12.1 Å². The summed E-state index contributed by atoms with van der Waals surface area (Å²) >= 11 is 1.55. The first-order valence-corrected chi connectivity index (χ1v) is 4.73. The maximum absolute atomic E-state index is 11.0. The van der Waals surface area contributed by atoms with Crippen LogP contribution in [0.5, 0.6) is 0 Å². The Hall–Kier alpha value is -0.900. The van der Waals surface area contributed by atoms with E-state index in [0.717, 1.165) is 5.01 Å². The Kier molecular flexibility index (Phi) is 1.84. The van der Waals surface area contributed by atoms with E-state index >= 15 is 0 Å². The van der Waals surface area contributed by atoms with Gasteiger partial charge in [0.1, 0.15) is 0 Å². The molecule has 4 heteroatoms. The zero-order chi connectivity index (χ0) is 8.55. The number of hydrogen-bond acceptors (Lipinski definition) is 4. The topological polar surface area (TPSA) is 39.2 Å². The second-order valence-corrected chi connectivity index (χ2v) is 3.73. The lowest BCUT2D eigenvalue weighted by molar-refractivity contribution is 0.0595. The molecule has 1 aliphatic carbocycles. The van der Waals surface area contributed by atoms with Crippen LogP contribution in [0, 0.1) is 0 Å². The molecule has 0 aromatic carbocycles. The molecule has 0 N–H and O–H groups in total. The van der Waals surface area contributed by atoms with Crippen LogP contribution in [0.25, 0.3) is 0 Å². The summed E-state index contributed by atoms with van der Waals surface area (Å²) in [5.74, 6) is 0.284. The van der Waals surface area contributed by atoms with Crippen LogP contribution in [0.1, 0.15) is 34.3 Å². The van der Waals surface area contributed by atoms with Crippen molar-refractivity contribution in [2.75, 3.05) is 7.11 Å². The Balaban J connectivity index is 2.17. The minimum absolute atomic E-state index is 0.335. The SMILES string of the molecule is COC(=O)c1csc(C2CC2)n1. The minimum Gasteiger partial charge on any atom is -0.464 e. The third kappa shape index (κ3) is 1.34. The summed E-state index contributed by atoms with van der Waals surface area (Å²) in [5.41, 5.74) is 0.449. The molecule has 1 saturated carbocycles. The van der Waals surface area contributed by atoms with E-state index in [0.29, 0.717) is 11.6 Å². The van der Waals surface area contributed by atoms with E-state index < -0.39 is 0 Å². The van der Waals surface area contributed by atoms with E-state index in [1.165, 1.54) is 20.0 Å². The van der Waals surface area contributed by atoms with Gasteiger partial charge in [-0.1, -0.05) is 0 Å². The van der Waals surface area contributed by atoms with Gasteiger partial charge in [0.15, 0.2) is 5.69 Å². The van der Waals surface area contributed by atoms with Gasteiger partial charge >= 0.3 is 5.97 Å². The number of esters is 1. The van der Waals surface area contributed by atoms with Gasteiger partial charge in [-0.25, -0.2) is 9.78 Å². The first kappa shape index (κ1) is 7.73. The number of ether oxygens (including phenoxy) is 1. The van der Waals surface area contributed by atoms with E-state index in [-0.39, 0.29) is 5.97 Å². The van der Waals surface area contributed by atoms with E-state index in [4.69, 9.17) is 0 Å². The second kappa shape index (κ2) is 2.86. The molecule has 0 amide bonds. The Morgan fingerprint density at radius 1 is 1.75 bits per heavy atom. The summed E-state index contributed by atoms with van der Waals surface area (Å²) < 4.78 is 4.55. The zero-order valence-electron chi connectivity index (χ0n) is 6.74. The molecule has 0 unspecified atom stereocenters. The predicted octanol–water partition coefficient (Wildman–Crippen LogP) is 1.81. The van der Waals surface area contributed by atoms with Crippen LogP contribution < -0.4 is 0 Å². The maximum Gasteiger partial charge on any atom is 0.357 e. The van der Waals surface area contributed by atoms with Crippen LogP contribution >= 0.6 is 11.3 Å². The Labute approximate surface area is 74.4 Å². The van der Waals surface area contributed by atoms with Crippen molar-refractivity contribution in [2.24, 2.45) is 0 Å². The zero-order valence-corrected chi connectivity index (χ0v) is 7.56. The normalized spacial score (nSPS) is 16.1. The van der Waals surface area contributed by atoms with Gasteiger partial charge in [0.25, 0.3) is 0 Å². The fourth-order valence-electron chi connectivity index (χ4n) is 1.00. The molecule has 1 aromatic rings. The highest BCUT2D eigenvalue weighted by Crippen LogP contribution is 2.41. The third-order valence-electron chi connectivity index (χ3n) is 1.84. The lowest BCUT2D eigenvalue weighted by Crippen LogP contribution is -2.01. The Morgan fingerprint density at radius 3 is 3.08 bits per heavy atom. The van der Waals surface area contributed by atoms with Gasteiger partial charge in [-0.3, -0.25) is 0 Å². The van der Waals surface area contributed by atoms with Crippen LogP contribution in [-0.4, -0.2) is 18.1 Å². The van der Waals surface area contributed by atoms with Gasteiger partial charge in [0.2, 0.25) is 0 Å². The highest BCUT2D eigenvalue weighted by atomic mass is 32.1. The number of rotatable bonds is 2. The molecule has 64 valence electrons. The van der Waals surface area contributed by atoms with Crippen LogP contribution in [-0.2, 0) is 4.74 Å². The summed E-state index contributed by atoms with van der Waals surface area (Å²) in [6.45, 7) is 0. The molecule has 2 rings (SSSR count). The van der Waals surface area contributed by atoms with Gasteiger partial charge in [-0.2, -0.15) is 0 Å². The minimum atomic E-state index is -0.335. The van der Waals surface area contributed by atoms with E-state index in [1.54, 1.807) is 16.7 Å². The summed E-state index contributed by atoms with van der Waals surface area (Å²) in [4.78, 5) is 15.2. The number of hydrogen-bond donors (Lipinski definition) is 0. The number of aromatic nitrogens is 1. The monoisotopic (exact) mass is 183 g/mol. The summed E-state index contributed by atoms with van der Waals surface area (Å²) in [7, 11) is 1.37. The van der Waals surface area contributed by atoms with Crippen LogP contribution in [0.15, 0.2) is 5.38 Å². The maximum atomic E-state index is 11.0. The molecule has 3 nitrogen and oxygen atoms in total. The first-order chi connectivity index (χ1) is 5.81. The standard InChI is InChI=1S/C8H9NO2S/c1-11-8(10)6-4-12-7(9-6)5-2-3-5/h4-5H,2-3H2,1H3. The van der Waals surface area contributed by atoms with Crippen molar-refractivity contribution in [1.29, 1.82) is 0 Å².